The summed E-state index contributed by atoms with van der Waals surface area (Å²) in [5.41, 5.74) is 1.83. The van der Waals surface area contributed by atoms with Gasteiger partial charge in [0.15, 0.2) is 0 Å². The molecule has 1 aliphatic heterocycles. The Balaban J connectivity index is 2.56. The molecule has 100 valence electrons. The summed E-state index contributed by atoms with van der Waals surface area (Å²) in [4.78, 5) is 0. The molecule has 1 N–H and O–H groups in total. The SMILES string of the molecule is CC(CO)CO[Si]1(C=CCCl)OCC(C)CO1. The van der Waals surface area contributed by atoms with Crippen LogP contribution in [0.5, 0.6) is 0 Å². The highest BCUT2D eigenvalue weighted by Crippen LogP contribution is 2.21. The second-order valence-electron chi connectivity index (χ2n) is 4.49. The van der Waals surface area contributed by atoms with Crippen LogP contribution >= 0.6 is 11.6 Å². The molecule has 17 heavy (non-hydrogen) atoms. The third-order valence-corrected chi connectivity index (χ3v) is 4.96. The van der Waals surface area contributed by atoms with Crippen molar-refractivity contribution in [2.24, 2.45) is 11.8 Å². The molecule has 1 atom stereocenters. The maximum absolute atomic E-state index is 8.98. The number of alkyl halides is 1. The zero-order valence-electron chi connectivity index (χ0n) is 10.4. The second kappa shape index (κ2) is 7.51. The lowest BCUT2D eigenvalue weighted by Gasteiger charge is -2.34. The molecule has 1 unspecified atom stereocenters. The van der Waals surface area contributed by atoms with Gasteiger partial charge in [0, 0.05) is 44.1 Å². The van der Waals surface area contributed by atoms with Crippen molar-refractivity contribution in [3.63, 3.8) is 0 Å². The van der Waals surface area contributed by atoms with Gasteiger partial charge in [0.25, 0.3) is 0 Å². The van der Waals surface area contributed by atoms with E-state index in [1.165, 1.54) is 0 Å². The molecule has 0 spiro atoms. The molecule has 0 saturated carbocycles. The lowest BCUT2D eigenvalue weighted by molar-refractivity contribution is -0.00352. The second-order valence-corrected chi connectivity index (χ2v) is 7.20. The van der Waals surface area contributed by atoms with Crippen LogP contribution < -0.4 is 0 Å². The van der Waals surface area contributed by atoms with Crippen molar-refractivity contribution in [3.05, 3.63) is 11.8 Å². The Labute approximate surface area is 109 Å². The van der Waals surface area contributed by atoms with Gasteiger partial charge in [-0.3, -0.25) is 0 Å². The van der Waals surface area contributed by atoms with E-state index < -0.39 is 8.80 Å². The summed E-state index contributed by atoms with van der Waals surface area (Å²) in [6.45, 7) is 5.81. The lowest BCUT2D eigenvalue weighted by atomic mass is 10.2. The molecule has 1 aliphatic rings. The molecule has 1 heterocycles. The highest BCUT2D eigenvalue weighted by atomic mass is 35.5. The van der Waals surface area contributed by atoms with Crippen LogP contribution in [0.2, 0.25) is 0 Å². The summed E-state index contributed by atoms with van der Waals surface area (Å²) >= 11 is 5.63. The van der Waals surface area contributed by atoms with Gasteiger partial charge < -0.3 is 18.4 Å². The monoisotopic (exact) mass is 280 g/mol. The summed E-state index contributed by atoms with van der Waals surface area (Å²) in [5.74, 6) is 0.880. The van der Waals surface area contributed by atoms with Gasteiger partial charge in [-0.25, -0.2) is 0 Å². The molecular weight excluding hydrogens is 260 g/mol. The zero-order chi connectivity index (χ0) is 12.7. The van der Waals surface area contributed by atoms with Crippen molar-refractivity contribution in [1.82, 2.24) is 0 Å². The first-order valence-electron chi connectivity index (χ1n) is 5.88. The average molecular weight is 281 g/mol. The molecule has 0 aromatic carbocycles. The highest BCUT2D eigenvalue weighted by molar-refractivity contribution is 6.66. The molecule has 0 radical (unpaired) electrons. The van der Waals surface area contributed by atoms with Crippen LogP contribution in [0, 0.1) is 11.8 Å². The van der Waals surface area contributed by atoms with E-state index in [-0.39, 0.29) is 12.5 Å². The van der Waals surface area contributed by atoms with Gasteiger partial charge >= 0.3 is 8.80 Å². The molecule has 0 aromatic heterocycles. The number of aliphatic hydroxyl groups excluding tert-OH is 1. The average Bonchev–Trinajstić information content (AvgIpc) is 2.36. The molecule has 6 heteroatoms. The Hall–Kier alpha value is 0.0869. The first kappa shape index (κ1) is 15.1. The molecule has 0 aliphatic carbocycles. The third-order valence-electron chi connectivity index (χ3n) is 2.43. The molecular formula is C11H21ClO4Si. The summed E-state index contributed by atoms with van der Waals surface area (Å²) in [6, 6.07) is 0. The van der Waals surface area contributed by atoms with Crippen molar-refractivity contribution in [3.8, 4) is 0 Å². The normalized spacial score (nSPS) is 31.9. The lowest BCUT2D eigenvalue weighted by Crippen LogP contribution is -2.51. The highest BCUT2D eigenvalue weighted by Gasteiger charge is 2.42. The van der Waals surface area contributed by atoms with Crippen LogP contribution in [-0.4, -0.2) is 46.2 Å². The third kappa shape index (κ3) is 5.07. The van der Waals surface area contributed by atoms with Crippen molar-refractivity contribution in [2.75, 3.05) is 32.3 Å². The van der Waals surface area contributed by atoms with Crippen molar-refractivity contribution < 1.29 is 18.4 Å². The topological polar surface area (TPSA) is 47.9 Å². The van der Waals surface area contributed by atoms with Gasteiger partial charge in [-0.15, -0.1) is 11.6 Å². The van der Waals surface area contributed by atoms with E-state index in [2.05, 4.69) is 6.92 Å². The maximum atomic E-state index is 8.98. The van der Waals surface area contributed by atoms with E-state index in [0.29, 0.717) is 31.6 Å². The number of aliphatic hydroxyl groups is 1. The van der Waals surface area contributed by atoms with Gasteiger partial charge in [0.05, 0.1) is 0 Å². The van der Waals surface area contributed by atoms with Crippen LogP contribution in [-0.2, 0) is 13.3 Å². The molecule has 1 rings (SSSR count). The minimum atomic E-state index is -2.70. The Morgan fingerprint density at radius 2 is 2.18 bits per heavy atom. The molecule has 1 saturated heterocycles. The molecule has 0 bridgehead atoms. The number of halogens is 1. The smallest absolute Gasteiger partial charge is 0.396 e. The predicted molar refractivity (Wildman–Crippen MR) is 68.9 cm³/mol. The Bertz CT molecular complexity index is 242. The van der Waals surface area contributed by atoms with Crippen molar-refractivity contribution in [1.29, 1.82) is 0 Å². The molecule has 0 amide bonds. The number of hydrogen-bond donors (Lipinski definition) is 1. The quantitative estimate of drug-likeness (QED) is 0.593. The van der Waals surface area contributed by atoms with Gasteiger partial charge in [-0.1, -0.05) is 19.9 Å². The zero-order valence-corrected chi connectivity index (χ0v) is 12.2. The van der Waals surface area contributed by atoms with Gasteiger partial charge in [0.2, 0.25) is 0 Å². The fourth-order valence-corrected chi connectivity index (χ4v) is 4.07. The fourth-order valence-electron chi connectivity index (χ4n) is 1.33. The minimum Gasteiger partial charge on any atom is -0.396 e. The minimum absolute atomic E-state index is 0.0790. The van der Waals surface area contributed by atoms with Crippen LogP contribution in [0.25, 0.3) is 0 Å². The number of rotatable bonds is 6. The summed E-state index contributed by atoms with van der Waals surface area (Å²) < 4.78 is 17.2. The van der Waals surface area contributed by atoms with Crippen LogP contribution in [0.3, 0.4) is 0 Å². The summed E-state index contributed by atoms with van der Waals surface area (Å²) in [5, 5.41) is 8.98. The molecule has 0 aromatic rings. The number of hydrogen-bond acceptors (Lipinski definition) is 4. The van der Waals surface area contributed by atoms with Gasteiger partial charge in [-0.2, -0.15) is 0 Å². The van der Waals surface area contributed by atoms with Crippen LogP contribution in [0.4, 0.5) is 0 Å². The number of allylic oxidation sites excluding steroid dienone is 1. The fraction of sp³-hybridized carbons (Fsp3) is 0.818. The first-order chi connectivity index (χ1) is 8.12. The summed E-state index contributed by atoms with van der Waals surface area (Å²) in [6.07, 6.45) is 1.80. The van der Waals surface area contributed by atoms with E-state index in [4.69, 9.17) is 30.0 Å². The predicted octanol–water partition coefficient (Wildman–Crippen LogP) is 1.59. The van der Waals surface area contributed by atoms with Crippen LogP contribution in [0.1, 0.15) is 13.8 Å². The summed E-state index contributed by atoms with van der Waals surface area (Å²) in [7, 11) is -2.70. The Morgan fingerprint density at radius 1 is 1.53 bits per heavy atom. The first-order valence-corrected chi connectivity index (χ1v) is 8.22. The van der Waals surface area contributed by atoms with Crippen molar-refractivity contribution >= 4 is 20.4 Å². The molecule has 1 fully saturated rings. The Kier molecular flexibility index (Phi) is 6.69. The van der Waals surface area contributed by atoms with E-state index >= 15 is 0 Å². The van der Waals surface area contributed by atoms with Gasteiger partial charge in [0.1, 0.15) is 0 Å². The van der Waals surface area contributed by atoms with E-state index in [1.807, 2.05) is 12.6 Å². The van der Waals surface area contributed by atoms with E-state index in [9.17, 15) is 0 Å². The maximum Gasteiger partial charge on any atom is 0.529 e. The van der Waals surface area contributed by atoms with Crippen LogP contribution in [0.15, 0.2) is 11.8 Å². The Morgan fingerprint density at radius 3 is 2.71 bits per heavy atom. The van der Waals surface area contributed by atoms with Gasteiger partial charge in [-0.05, 0) is 5.70 Å². The standard InChI is InChI=1S/C11H21ClO4Si/c1-10(6-13)7-14-17(5-3-4-12)15-8-11(2)9-16-17/h3,5,10-11,13H,4,6-9H2,1-2H3. The van der Waals surface area contributed by atoms with E-state index in [0.717, 1.165) is 0 Å². The molecule has 4 nitrogen and oxygen atoms in total. The largest absolute Gasteiger partial charge is 0.529 e. The van der Waals surface area contributed by atoms with E-state index in [1.54, 1.807) is 6.08 Å². The van der Waals surface area contributed by atoms with Crippen molar-refractivity contribution in [2.45, 2.75) is 13.8 Å².